The number of nitrogens with zero attached hydrogens (tertiary/aromatic N) is 2. The Kier molecular flexibility index (Phi) is 3.53. The summed E-state index contributed by atoms with van der Waals surface area (Å²) in [5.74, 6) is 0.353. The number of rotatable bonds is 5. The minimum absolute atomic E-state index is 0.0126. The van der Waals surface area contributed by atoms with Crippen molar-refractivity contribution in [3.63, 3.8) is 0 Å². The molecule has 1 fully saturated rings. The Morgan fingerprint density at radius 3 is 2.76 bits per heavy atom. The summed E-state index contributed by atoms with van der Waals surface area (Å²) in [5.41, 5.74) is -1.07. The van der Waals surface area contributed by atoms with Crippen molar-refractivity contribution < 1.29 is 22.4 Å². The van der Waals surface area contributed by atoms with Gasteiger partial charge < -0.3 is 9.26 Å². The van der Waals surface area contributed by atoms with Crippen LogP contribution in [0.2, 0.25) is 0 Å². The number of aromatic nitrogens is 2. The fourth-order valence-electron chi connectivity index (χ4n) is 2.11. The van der Waals surface area contributed by atoms with E-state index < -0.39 is 11.7 Å². The van der Waals surface area contributed by atoms with Crippen molar-refractivity contribution in [3.8, 4) is 11.4 Å². The SMILES string of the molecule is CCOCC1(c2nc(-c3cscc3C(F)(F)F)no2)CC1. The third kappa shape index (κ3) is 2.69. The molecule has 1 aliphatic rings. The molecule has 114 valence electrons. The third-order valence-corrected chi connectivity index (χ3v) is 4.27. The Hall–Kier alpha value is -1.41. The molecule has 0 saturated heterocycles. The number of ether oxygens (including phenoxy) is 1. The summed E-state index contributed by atoms with van der Waals surface area (Å²) in [6, 6.07) is 0. The van der Waals surface area contributed by atoms with Crippen LogP contribution in [0.4, 0.5) is 13.2 Å². The topological polar surface area (TPSA) is 48.2 Å². The van der Waals surface area contributed by atoms with E-state index in [0.29, 0.717) is 19.1 Å². The molecular weight excluding hydrogens is 305 g/mol. The van der Waals surface area contributed by atoms with E-state index in [0.717, 1.165) is 29.6 Å². The Balaban J connectivity index is 1.88. The summed E-state index contributed by atoms with van der Waals surface area (Å²) in [6.45, 7) is 2.92. The quantitative estimate of drug-likeness (QED) is 0.839. The molecule has 1 aliphatic carbocycles. The molecule has 0 radical (unpaired) electrons. The second-order valence-electron chi connectivity index (χ2n) is 5.04. The van der Waals surface area contributed by atoms with Crippen LogP contribution in [0.25, 0.3) is 11.4 Å². The van der Waals surface area contributed by atoms with Gasteiger partial charge in [-0.1, -0.05) is 5.16 Å². The monoisotopic (exact) mass is 318 g/mol. The van der Waals surface area contributed by atoms with Gasteiger partial charge in [0.2, 0.25) is 11.7 Å². The summed E-state index contributed by atoms with van der Waals surface area (Å²) in [4.78, 5) is 4.16. The first-order chi connectivity index (χ1) is 9.96. The van der Waals surface area contributed by atoms with Crippen LogP contribution >= 0.6 is 11.3 Å². The van der Waals surface area contributed by atoms with Gasteiger partial charge in [-0.25, -0.2) is 0 Å². The summed E-state index contributed by atoms with van der Waals surface area (Å²) < 4.78 is 49.2. The highest BCUT2D eigenvalue weighted by Gasteiger charge is 2.50. The molecule has 1 saturated carbocycles. The molecule has 0 N–H and O–H groups in total. The van der Waals surface area contributed by atoms with Gasteiger partial charge in [-0.05, 0) is 19.8 Å². The van der Waals surface area contributed by atoms with Gasteiger partial charge in [0.15, 0.2) is 0 Å². The van der Waals surface area contributed by atoms with Crippen molar-refractivity contribution in [1.29, 1.82) is 0 Å². The second-order valence-corrected chi connectivity index (χ2v) is 5.78. The molecule has 4 nitrogen and oxygen atoms in total. The lowest BCUT2D eigenvalue weighted by molar-refractivity contribution is -0.136. The fourth-order valence-corrected chi connectivity index (χ4v) is 2.94. The zero-order valence-electron chi connectivity index (χ0n) is 11.2. The zero-order chi connectivity index (χ0) is 15.1. The number of thiophene rings is 1. The van der Waals surface area contributed by atoms with E-state index in [-0.39, 0.29) is 16.8 Å². The fraction of sp³-hybridized carbons (Fsp3) is 0.538. The molecule has 3 rings (SSSR count). The van der Waals surface area contributed by atoms with Crippen molar-refractivity contribution in [2.24, 2.45) is 0 Å². The van der Waals surface area contributed by atoms with Gasteiger partial charge in [0.1, 0.15) is 0 Å². The van der Waals surface area contributed by atoms with Gasteiger partial charge in [-0.15, -0.1) is 0 Å². The van der Waals surface area contributed by atoms with Gasteiger partial charge in [0.05, 0.1) is 17.6 Å². The van der Waals surface area contributed by atoms with E-state index in [1.165, 1.54) is 5.38 Å². The minimum atomic E-state index is -4.42. The molecule has 8 heteroatoms. The lowest BCUT2D eigenvalue weighted by Gasteiger charge is -2.08. The van der Waals surface area contributed by atoms with E-state index in [4.69, 9.17) is 9.26 Å². The first-order valence-corrected chi connectivity index (χ1v) is 7.46. The Morgan fingerprint density at radius 2 is 2.14 bits per heavy atom. The molecule has 2 aromatic heterocycles. The normalized spacial score (nSPS) is 17.1. The van der Waals surface area contributed by atoms with Crippen molar-refractivity contribution in [1.82, 2.24) is 10.1 Å². The Morgan fingerprint density at radius 1 is 1.38 bits per heavy atom. The van der Waals surface area contributed by atoms with Gasteiger partial charge >= 0.3 is 6.18 Å². The maximum Gasteiger partial charge on any atom is 0.417 e. The molecule has 0 aromatic carbocycles. The molecule has 2 heterocycles. The molecule has 0 bridgehead atoms. The lowest BCUT2D eigenvalue weighted by Crippen LogP contribution is -2.15. The minimum Gasteiger partial charge on any atom is -0.381 e. The number of hydrogen-bond acceptors (Lipinski definition) is 5. The van der Waals surface area contributed by atoms with Gasteiger partial charge in [0, 0.05) is 22.9 Å². The van der Waals surface area contributed by atoms with Crippen LogP contribution < -0.4 is 0 Å². The predicted molar refractivity (Wildman–Crippen MR) is 70.0 cm³/mol. The van der Waals surface area contributed by atoms with Gasteiger partial charge in [-0.3, -0.25) is 0 Å². The summed E-state index contributed by atoms with van der Waals surface area (Å²) in [5, 5.41) is 6.15. The van der Waals surface area contributed by atoms with Crippen LogP contribution in [0, 0.1) is 0 Å². The van der Waals surface area contributed by atoms with E-state index >= 15 is 0 Å². The molecule has 2 aromatic rings. The smallest absolute Gasteiger partial charge is 0.381 e. The number of alkyl halides is 3. The van der Waals surface area contributed by atoms with Crippen LogP contribution in [0.5, 0.6) is 0 Å². The largest absolute Gasteiger partial charge is 0.417 e. The zero-order valence-corrected chi connectivity index (χ0v) is 12.1. The van der Waals surface area contributed by atoms with Crippen LogP contribution in [-0.4, -0.2) is 23.4 Å². The first-order valence-electron chi connectivity index (χ1n) is 6.52. The summed E-state index contributed by atoms with van der Waals surface area (Å²) in [7, 11) is 0. The standard InChI is InChI=1S/C13H13F3N2O2S/c1-2-19-7-12(3-4-12)11-17-10(18-20-11)8-5-21-6-9(8)13(14,15)16/h5-6H,2-4,7H2,1H3. The van der Waals surface area contributed by atoms with Crippen molar-refractivity contribution in [2.75, 3.05) is 13.2 Å². The lowest BCUT2D eigenvalue weighted by atomic mass is 10.1. The van der Waals surface area contributed by atoms with Crippen LogP contribution in [0.15, 0.2) is 15.3 Å². The van der Waals surface area contributed by atoms with Gasteiger partial charge in [-0.2, -0.15) is 29.5 Å². The van der Waals surface area contributed by atoms with E-state index in [1.54, 1.807) is 0 Å². The summed E-state index contributed by atoms with van der Waals surface area (Å²) >= 11 is 0.968. The highest BCUT2D eigenvalue weighted by molar-refractivity contribution is 7.08. The molecule has 0 unspecified atom stereocenters. The highest BCUT2D eigenvalue weighted by Crippen LogP contribution is 2.48. The van der Waals surface area contributed by atoms with E-state index in [9.17, 15) is 13.2 Å². The molecule has 0 atom stereocenters. The van der Waals surface area contributed by atoms with E-state index in [1.807, 2.05) is 6.92 Å². The van der Waals surface area contributed by atoms with Crippen molar-refractivity contribution >= 4 is 11.3 Å². The average Bonchev–Trinajstić information content (AvgIpc) is 2.89. The Bertz CT molecular complexity index is 631. The van der Waals surface area contributed by atoms with Crippen LogP contribution in [-0.2, 0) is 16.3 Å². The molecule has 0 aliphatic heterocycles. The van der Waals surface area contributed by atoms with Crippen LogP contribution in [0.1, 0.15) is 31.2 Å². The van der Waals surface area contributed by atoms with E-state index in [2.05, 4.69) is 10.1 Å². The second kappa shape index (κ2) is 5.10. The third-order valence-electron chi connectivity index (χ3n) is 3.52. The molecular formula is C13H13F3N2O2S. The van der Waals surface area contributed by atoms with Crippen molar-refractivity contribution in [2.45, 2.75) is 31.4 Å². The number of halogens is 3. The Labute approximate surface area is 122 Å². The van der Waals surface area contributed by atoms with Crippen molar-refractivity contribution in [3.05, 3.63) is 22.2 Å². The average molecular weight is 318 g/mol. The molecule has 0 amide bonds. The van der Waals surface area contributed by atoms with Gasteiger partial charge in [0.25, 0.3) is 0 Å². The highest BCUT2D eigenvalue weighted by atomic mass is 32.1. The molecule has 21 heavy (non-hydrogen) atoms. The molecule has 0 spiro atoms. The predicted octanol–water partition coefficient (Wildman–Crippen LogP) is 3.89. The maximum atomic E-state index is 12.9. The first kappa shape index (κ1) is 14.5. The summed E-state index contributed by atoms with van der Waals surface area (Å²) in [6.07, 6.45) is -2.71. The maximum absolute atomic E-state index is 12.9. The number of hydrogen-bond donors (Lipinski definition) is 0. The van der Waals surface area contributed by atoms with Crippen LogP contribution in [0.3, 0.4) is 0 Å².